The molecule has 0 aromatic heterocycles. The Bertz CT molecular complexity index is 347. The van der Waals surface area contributed by atoms with Crippen LogP contribution in [0.15, 0.2) is 0 Å². The van der Waals surface area contributed by atoms with Crippen LogP contribution in [0.4, 0.5) is 0 Å². The first-order chi connectivity index (χ1) is 9.41. The van der Waals surface area contributed by atoms with Crippen molar-refractivity contribution in [2.24, 2.45) is 10.8 Å². The molecular weight excluding hydrogens is 316 g/mol. The zero-order valence-corrected chi connectivity index (χ0v) is 17.7. The fraction of sp³-hybridized carbons (Fsp3) is 1.00. The lowest BCUT2D eigenvalue weighted by atomic mass is 9.82. The molecular formula is C16H40N2O4S. The Hall–Kier alpha value is -0.210. The maximum atomic E-state index is 8.52. The summed E-state index contributed by atoms with van der Waals surface area (Å²) in [5.74, 6) is 0. The monoisotopic (exact) mass is 356 g/mol. The van der Waals surface area contributed by atoms with Crippen molar-refractivity contribution >= 4 is 10.4 Å². The van der Waals surface area contributed by atoms with Crippen molar-refractivity contribution in [1.29, 1.82) is 0 Å². The summed E-state index contributed by atoms with van der Waals surface area (Å²) in [5, 5.41) is 0. The van der Waals surface area contributed by atoms with E-state index in [-0.39, 0.29) is 11.1 Å². The van der Waals surface area contributed by atoms with Crippen LogP contribution in [0.2, 0.25) is 0 Å². The van der Waals surface area contributed by atoms with Gasteiger partial charge in [-0.15, -0.1) is 0 Å². The van der Waals surface area contributed by atoms with Crippen molar-refractivity contribution in [3.8, 4) is 0 Å². The third-order valence-electron chi connectivity index (χ3n) is 2.02. The van der Waals surface area contributed by atoms with Crippen LogP contribution in [-0.4, -0.2) is 28.6 Å². The van der Waals surface area contributed by atoms with E-state index < -0.39 is 10.4 Å². The Morgan fingerprint density at radius 2 is 0.783 bits per heavy atom. The minimum absolute atomic E-state index is 0.234. The maximum absolute atomic E-state index is 8.52. The molecule has 6 N–H and O–H groups in total. The molecule has 0 aliphatic rings. The highest BCUT2D eigenvalue weighted by Gasteiger charge is 2.24. The summed E-state index contributed by atoms with van der Waals surface area (Å²) >= 11 is 0. The minimum atomic E-state index is -5.17. The summed E-state index contributed by atoms with van der Waals surface area (Å²) in [6.07, 6.45) is 2.36. The second-order valence-corrected chi connectivity index (χ2v) is 11.0. The molecule has 0 aliphatic heterocycles. The molecule has 0 aliphatic carbocycles. The smallest absolute Gasteiger partial charge is 0.0894 e. The third-order valence-corrected chi connectivity index (χ3v) is 2.02. The van der Waals surface area contributed by atoms with Gasteiger partial charge in [-0.3, -0.25) is 8.42 Å². The molecule has 0 saturated heterocycles. The first-order valence-electron chi connectivity index (χ1n) is 7.79. The van der Waals surface area contributed by atoms with E-state index in [2.05, 4.69) is 80.7 Å². The van der Waals surface area contributed by atoms with E-state index in [9.17, 15) is 0 Å². The van der Waals surface area contributed by atoms with Gasteiger partial charge in [0.25, 0.3) is 0 Å². The van der Waals surface area contributed by atoms with E-state index in [1.807, 2.05) is 0 Å². The minimum Gasteiger partial charge on any atom is -0.759 e. The number of quaternary nitrogens is 2. The molecule has 0 saturated carbocycles. The van der Waals surface area contributed by atoms with Gasteiger partial charge in [-0.1, -0.05) is 41.5 Å². The summed E-state index contributed by atoms with van der Waals surface area (Å²) in [7, 11) is -5.17. The van der Waals surface area contributed by atoms with Crippen LogP contribution < -0.4 is 11.5 Å². The standard InChI is InChI=1S/2C8H19N.H2O4S/c2*1-7(2,3)6-8(4,5)9;1-5(2,3)4/h2*6,9H2,1-5H3;(H2,1,2,3,4). The van der Waals surface area contributed by atoms with Crippen LogP contribution in [-0.2, 0) is 10.4 Å². The summed E-state index contributed by atoms with van der Waals surface area (Å²) in [4.78, 5) is 0. The van der Waals surface area contributed by atoms with E-state index in [0.717, 1.165) is 0 Å². The molecule has 0 amide bonds. The van der Waals surface area contributed by atoms with Crippen LogP contribution in [0.1, 0.15) is 82.1 Å². The Kier molecular flexibility index (Phi) is 11.2. The lowest BCUT2D eigenvalue weighted by Gasteiger charge is -2.25. The first-order valence-corrected chi connectivity index (χ1v) is 9.12. The predicted octanol–water partition coefficient (Wildman–Crippen LogP) is 1.55. The molecule has 0 radical (unpaired) electrons. The Balaban J connectivity index is -0.000000273. The molecule has 0 aromatic carbocycles. The van der Waals surface area contributed by atoms with Crippen LogP contribution >= 0.6 is 0 Å². The summed E-state index contributed by atoms with van der Waals surface area (Å²) in [6, 6.07) is 0. The van der Waals surface area contributed by atoms with E-state index in [1.165, 1.54) is 12.8 Å². The van der Waals surface area contributed by atoms with Crippen LogP contribution in [0.5, 0.6) is 0 Å². The summed E-state index contributed by atoms with van der Waals surface area (Å²) in [6.45, 7) is 22.2. The van der Waals surface area contributed by atoms with Gasteiger partial charge < -0.3 is 20.6 Å². The van der Waals surface area contributed by atoms with Crippen LogP contribution in [0.3, 0.4) is 0 Å². The van der Waals surface area contributed by atoms with Crippen molar-refractivity contribution in [2.45, 2.75) is 93.2 Å². The van der Waals surface area contributed by atoms with Gasteiger partial charge >= 0.3 is 0 Å². The SMILES string of the molecule is CC(C)(C)CC(C)(C)[NH3+].CC(C)(C)CC(C)(C)[NH3+].O=S(=O)([O-])[O-]. The highest BCUT2D eigenvalue weighted by atomic mass is 32.3. The largest absolute Gasteiger partial charge is 0.759 e. The molecule has 6 nitrogen and oxygen atoms in total. The maximum Gasteiger partial charge on any atom is 0.0894 e. The fourth-order valence-electron chi connectivity index (χ4n) is 2.87. The molecule has 0 atom stereocenters. The average Bonchev–Trinajstić information content (AvgIpc) is 1.81. The molecule has 23 heavy (non-hydrogen) atoms. The van der Waals surface area contributed by atoms with E-state index >= 15 is 0 Å². The second kappa shape index (κ2) is 9.32. The van der Waals surface area contributed by atoms with Gasteiger partial charge in [-0.2, -0.15) is 0 Å². The van der Waals surface area contributed by atoms with Crippen molar-refractivity contribution in [3.05, 3.63) is 0 Å². The van der Waals surface area contributed by atoms with Crippen LogP contribution in [0.25, 0.3) is 0 Å². The summed E-state index contributed by atoms with van der Waals surface area (Å²) < 4.78 is 34.1. The van der Waals surface area contributed by atoms with Crippen LogP contribution in [0, 0.1) is 10.8 Å². The van der Waals surface area contributed by atoms with Crippen molar-refractivity contribution in [3.63, 3.8) is 0 Å². The van der Waals surface area contributed by atoms with Gasteiger partial charge in [0.05, 0.1) is 11.1 Å². The molecule has 0 spiro atoms. The molecule has 144 valence electrons. The lowest BCUT2D eigenvalue weighted by Crippen LogP contribution is -2.70. The molecule has 7 heteroatoms. The van der Waals surface area contributed by atoms with Crippen molar-refractivity contribution in [1.82, 2.24) is 0 Å². The topological polar surface area (TPSA) is 136 Å². The third kappa shape index (κ3) is 61.4. The molecule has 0 aromatic rings. The second-order valence-electron chi connectivity index (χ2n) is 10.2. The predicted molar refractivity (Wildman–Crippen MR) is 92.6 cm³/mol. The van der Waals surface area contributed by atoms with Gasteiger partial charge in [0.1, 0.15) is 0 Å². The number of hydrogen-bond acceptors (Lipinski definition) is 4. The quantitative estimate of drug-likeness (QED) is 0.573. The lowest BCUT2D eigenvalue weighted by molar-refractivity contribution is -0.471. The number of rotatable bonds is 2. The van der Waals surface area contributed by atoms with Gasteiger partial charge in [0.2, 0.25) is 0 Å². The van der Waals surface area contributed by atoms with Crippen molar-refractivity contribution < 1.29 is 29.0 Å². The van der Waals surface area contributed by atoms with Gasteiger partial charge in [-0.05, 0) is 38.5 Å². The molecule has 0 bridgehead atoms. The van der Waals surface area contributed by atoms with E-state index in [1.54, 1.807) is 0 Å². The normalized spacial score (nSPS) is 13.5. The van der Waals surface area contributed by atoms with E-state index in [0.29, 0.717) is 10.8 Å². The van der Waals surface area contributed by atoms with Gasteiger partial charge in [-0.25, -0.2) is 0 Å². The summed E-state index contributed by atoms with van der Waals surface area (Å²) in [5.41, 5.74) is 9.42. The Morgan fingerprint density at radius 3 is 0.783 bits per heavy atom. The number of hydrogen-bond donors (Lipinski definition) is 2. The van der Waals surface area contributed by atoms with Gasteiger partial charge in [0.15, 0.2) is 0 Å². The van der Waals surface area contributed by atoms with Gasteiger partial charge in [0, 0.05) is 23.2 Å². The highest BCUT2D eigenvalue weighted by molar-refractivity contribution is 7.79. The Morgan fingerprint density at radius 1 is 0.652 bits per heavy atom. The van der Waals surface area contributed by atoms with E-state index in [4.69, 9.17) is 17.5 Å². The fourth-order valence-corrected chi connectivity index (χ4v) is 2.87. The zero-order chi connectivity index (χ0) is 19.9. The molecule has 0 heterocycles. The molecule has 0 fully saturated rings. The first kappa shape index (κ1) is 27.6. The van der Waals surface area contributed by atoms with Crippen molar-refractivity contribution in [2.75, 3.05) is 0 Å². The molecule has 0 unspecified atom stereocenters. The average molecular weight is 357 g/mol. The molecule has 0 rings (SSSR count). The Labute approximate surface area is 144 Å². The highest BCUT2D eigenvalue weighted by Crippen LogP contribution is 2.24. The zero-order valence-electron chi connectivity index (χ0n) is 16.9.